The van der Waals surface area contributed by atoms with Gasteiger partial charge in [0, 0.05) is 16.5 Å². The summed E-state index contributed by atoms with van der Waals surface area (Å²) in [6, 6.07) is 14.9. The molecule has 21 heavy (non-hydrogen) atoms. The molecule has 2 nitrogen and oxygen atoms in total. The zero-order chi connectivity index (χ0) is 14.9. The predicted molar refractivity (Wildman–Crippen MR) is 90.6 cm³/mol. The van der Waals surface area contributed by atoms with Crippen molar-refractivity contribution in [3.63, 3.8) is 0 Å². The summed E-state index contributed by atoms with van der Waals surface area (Å²) in [5.41, 5.74) is 2.27. The smallest absolute Gasteiger partial charge is 0.116 e. The summed E-state index contributed by atoms with van der Waals surface area (Å²) in [7, 11) is 0. The van der Waals surface area contributed by atoms with Gasteiger partial charge in [-0.05, 0) is 22.4 Å². The van der Waals surface area contributed by atoms with Crippen LogP contribution in [0, 0.1) is 0 Å². The minimum atomic E-state index is 0.125. The fourth-order valence-electron chi connectivity index (χ4n) is 2.24. The van der Waals surface area contributed by atoms with E-state index in [0.717, 1.165) is 10.6 Å². The summed E-state index contributed by atoms with van der Waals surface area (Å²) in [5, 5.41) is 3.53. The first kappa shape index (κ1) is 14.1. The molecule has 3 heteroatoms. The molecule has 3 rings (SSSR count). The van der Waals surface area contributed by atoms with Gasteiger partial charge >= 0.3 is 0 Å². The maximum Gasteiger partial charge on any atom is 0.116 e. The molecule has 0 N–H and O–H groups in total. The highest BCUT2D eigenvalue weighted by Gasteiger charge is 2.17. The average Bonchev–Trinajstić information content (AvgIpc) is 2.46. The summed E-state index contributed by atoms with van der Waals surface area (Å²) in [6.45, 7) is 6.60. The SMILES string of the molecule is CC(C)(C)Sc1ncncc1-c1ccc2ccccc2c1. The number of aromatic nitrogens is 2. The predicted octanol–water partition coefficient (Wildman–Crippen LogP) is 5.19. The Bertz CT molecular complexity index is 775. The van der Waals surface area contributed by atoms with Crippen molar-refractivity contribution in [1.29, 1.82) is 0 Å². The summed E-state index contributed by atoms with van der Waals surface area (Å²) in [4.78, 5) is 8.68. The molecule has 2 aromatic carbocycles. The lowest BCUT2D eigenvalue weighted by molar-refractivity contribution is 0.799. The fraction of sp³-hybridized carbons (Fsp3) is 0.222. The van der Waals surface area contributed by atoms with Gasteiger partial charge in [-0.1, -0.05) is 68.9 Å². The van der Waals surface area contributed by atoms with Crippen LogP contribution in [-0.4, -0.2) is 14.7 Å². The van der Waals surface area contributed by atoms with E-state index in [4.69, 9.17) is 0 Å². The summed E-state index contributed by atoms with van der Waals surface area (Å²) in [6.07, 6.45) is 3.53. The third-order valence-corrected chi connectivity index (χ3v) is 4.27. The van der Waals surface area contributed by atoms with E-state index in [1.807, 2.05) is 6.20 Å². The van der Waals surface area contributed by atoms with E-state index in [0.29, 0.717) is 0 Å². The molecule has 0 atom stereocenters. The van der Waals surface area contributed by atoms with Gasteiger partial charge in [0.25, 0.3) is 0 Å². The van der Waals surface area contributed by atoms with Gasteiger partial charge in [0.05, 0.1) is 0 Å². The van der Waals surface area contributed by atoms with Gasteiger partial charge in [-0.15, -0.1) is 0 Å². The van der Waals surface area contributed by atoms with Crippen LogP contribution in [0.1, 0.15) is 20.8 Å². The molecule has 1 heterocycles. The zero-order valence-electron chi connectivity index (χ0n) is 12.5. The van der Waals surface area contributed by atoms with Gasteiger partial charge in [-0.25, -0.2) is 9.97 Å². The molecule has 1 aromatic heterocycles. The van der Waals surface area contributed by atoms with E-state index in [1.165, 1.54) is 16.3 Å². The van der Waals surface area contributed by atoms with E-state index in [1.54, 1.807) is 18.1 Å². The lowest BCUT2D eigenvalue weighted by Crippen LogP contribution is -2.08. The van der Waals surface area contributed by atoms with E-state index in [-0.39, 0.29) is 4.75 Å². The largest absolute Gasteiger partial charge is 0.244 e. The van der Waals surface area contributed by atoms with E-state index in [9.17, 15) is 0 Å². The zero-order valence-corrected chi connectivity index (χ0v) is 13.3. The standard InChI is InChI=1S/C18H18N2S/c1-18(2,3)21-17-16(11-19-12-20-17)15-9-8-13-6-4-5-7-14(13)10-15/h4-12H,1-3H3. The van der Waals surface area contributed by atoms with Gasteiger partial charge in [-0.2, -0.15) is 0 Å². The Morgan fingerprint density at radius 2 is 1.71 bits per heavy atom. The van der Waals surface area contributed by atoms with E-state index >= 15 is 0 Å². The van der Waals surface area contributed by atoms with Crippen LogP contribution in [0.2, 0.25) is 0 Å². The molecule has 0 radical (unpaired) electrons. The Balaban J connectivity index is 2.10. The number of rotatable bonds is 2. The molecule has 0 bridgehead atoms. The van der Waals surface area contributed by atoms with Gasteiger partial charge in [-0.3, -0.25) is 0 Å². The first-order valence-electron chi connectivity index (χ1n) is 7.01. The number of fused-ring (bicyclic) bond motifs is 1. The van der Waals surface area contributed by atoms with Crippen molar-refractivity contribution >= 4 is 22.5 Å². The topological polar surface area (TPSA) is 25.8 Å². The van der Waals surface area contributed by atoms with Crippen molar-refractivity contribution in [2.75, 3.05) is 0 Å². The Labute approximate surface area is 129 Å². The average molecular weight is 294 g/mol. The first-order chi connectivity index (χ1) is 10.0. The van der Waals surface area contributed by atoms with E-state index < -0.39 is 0 Å². The number of benzene rings is 2. The third-order valence-electron chi connectivity index (χ3n) is 3.14. The molecule has 0 aliphatic heterocycles. The third kappa shape index (κ3) is 3.24. The van der Waals surface area contributed by atoms with Crippen LogP contribution in [0.15, 0.2) is 60.0 Å². The Hall–Kier alpha value is -1.87. The van der Waals surface area contributed by atoms with Crippen LogP contribution < -0.4 is 0 Å². The lowest BCUT2D eigenvalue weighted by Gasteiger charge is -2.18. The molecule has 0 amide bonds. The molecule has 0 spiro atoms. The molecular formula is C18H18N2S. The molecule has 0 aliphatic carbocycles. The van der Waals surface area contributed by atoms with E-state index in [2.05, 4.69) is 73.2 Å². The van der Waals surface area contributed by atoms with Gasteiger partial charge in [0.2, 0.25) is 0 Å². The highest BCUT2D eigenvalue weighted by molar-refractivity contribution is 8.00. The number of thioether (sulfide) groups is 1. The highest BCUT2D eigenvalue weighted by atomic mass is 32.2. The van der Waals surface area contributed by atoms with Crippen molar-refractivity contribution in [2.45, 2.75) is 30.5 Å². The molecule has 0 unspecified atom stereocenters. The monoisotopic (exact) mass is 294 g/mol. The van der Waals surface area contributed by atoms with Crippen molar-refractivity contribution < 1.29 is 0 Å². The molecule has 0 saturated carbocycles. The fourth-order valence-corrected chi connectivity index (χ4v) is 3.21. The summed E-state index contributed by atoms with van der Waals surface area (Å²) >= 11 is 1.78. The van der Waals surface area contributed by atoms with Crippen molar-refractivity contribution in [3.8, 4) is 11.1 Å². The van der Waals surface area contributed by atoms with Crippen molar-refractivity contribution in [1.82, 2.24) is 9.97 Å². The summed E-state index contributed by atoms with van der Waals surface area (Å²) < 4.78 is 0.125. The quantitative estimate of drug-likeness (QED) is 0.480. The van der Waals surface area contributed by atoms with Crippen LogP contribution in [0.5, 0.6) is 0 Å². The molecular weight excluding hydrogens is 276 g/mol. The Kier molecular flexibility index (Phi) is 3.68. The second-order valence-electron chi connectivity index (χ2n) is 6.02. The number of hydrogen-bond donors (Lipinski definition) is 0. The number of nitrogens with zero attached hydrogens (tertiary/aromatic N) is 2. The summed E-state index contributed by atoms with van der Waals surface area (Å²) in [5.74, 6) is 0. The Morgan fingerprint density at radius 1 is 0.952 bits per heavy atom. The minimum Gasteiger partial charge on any atom is -0.244 e. The van der Waals surface area contributed by atoms with Crippen LogP contribution >= 0.6 is 11.8 Å². The second-order valence-corrected chi connectivity index (χ2v) is 7.83. The Morgan fingerprint density at radius 3 is 2.48 bits per heavy atom. The van der Waals surface area contributed by atoms with Gasteiger partial charge in [0.1, 0.15) is 11.4 Å². The molecule has 0 aliphatic rings. The van der Waals surface area contributed by atoms with Crippen LogP contribution in [0.4, 0.5) is 0 Å². The van der Waals surface area contributed by atoms with Crippen molar-refractivity contribution in [2.24, 2.45) is 0 Å². The maximum atomic E-state index is 4.47. The van der Waals surface area contributed by atoms with Crippen LogP contribution in [0.25, 0.3) is 21.9 Å². The van der Waals surface area contributed by atoms with Gasteiger partial charge < -0.3 is 0 Å². The minimum absolute atomic E-state index is 0.125. The maximum absolute atomic E-state index is 4.47. The number of hydrogen-bond acceptors (Lipinski definition) is 3. The lowest BCUT2D eigenvalue weighted by atomic mass is 10.0. The molecule has 0 fully saturated rings. The second kappa shape index (κ2) is 5.49. The molecule has 3 aromatic rings. The van der Waals surface area contributed by atoms with Crippen LogP contribution in [-0.2, 0) is 0 Å². The normalized spacial score (nSPS) is 11.8. The molecule has 0 saturated heterocycles. The van der Waals surface area contributed by atoms with Gasteiger partial charge in [0.15, 0.2) is 0 Å². The van der Waals surface area contributed by atoms with Crippen LogP contribution in [0.3, 0.4) is 0 Å². The molecule has 106 valence electrons. The first-order valence-corrected chi connectivity index (χ1v) is 7.83. The van der Waals surface area contributed by atoms with Crippen molar-refractivity contribution in [3.05, 3.63) is 55.0 Å². The highest BCUT2D eigenvalue weighted by Crippen LogP contribution is 2.37.